The van der Waals surface area contributed by atoms with E-state index in [1.165, 1.54) is 19.4 Å². The molecule has 3 aromatic rings. The molecule has 9 heteroatoms. The summed E-state index contributed by atoms with van der Waals surface area (Å²) in [4.78, 5) is 12.4. The number of carbonyl (C=O) groups excluding carboxylic acids is 1. The number of anilines is 1. The number of nitrogens with zero attached hydrogens (tertiary/aromatic N) is 2. The molecule has 0 radical (unpaired) electrons. The molecule has 30 heavy (non-hydrogen) atoms. The minimum absolute atomic E-state index is 0.0161. The number of sulfonamides is 1. The monoisotopic (exact) mass is 427 g/mol. The van der Waals surface area contributed by atoms with Crippen LogP contribution < -0.4 is 14.5 Å². The van der Waals surface area contributed by atoms with Crippen molar-refractivity contribution in [3.8, 4) is 11.5 Å². The fraction of sp³-hybridized carbons (Fsp3) is 0.143. The Balaban J connectivity index is 1.78. The van der Waals surface area contributed by atoms with E-state index in [1.807, 2.05) is 24.3 Å². The summed E-state index contributed by atoms with van der Waals surface area (Å²) in [6.45, 7) is -0.428. The van der Waals surface area contributed by atoms with Crippen LogP contribution >= 0.6 is 0 Å². The first-order valence-corrected chi connectivity index (χ1v) is 10.8. The Morgan fingerprint density at radius 3 is 2.63 bits per heavy atom. The molecule has 0 bridgehead atoms. The molecule has 0 aliphatic carbocycles. The summed E-state index contributed by atoms with van der Waals surface area (Å²) in [5, 5.41) is 15.0. The lowest BCUT2D eigenvalue weighted by molar-refractivity contribution is -0.119. The van der Waals surface area contributed by atoms with Crippen LogP contribution in [0.1, 0.15) is 5.56 Å². The third-order valence-corrected chi connectivity index (χ3v) is 5.46. The second-order valence-corrected chi connectivity index (χ2v) is 8.40. The average molecular weight is 427 g/mol. The van der Waals surface area contributed by atoms with Gasteiger partial charge in [0.15, 0.2) is 11.5 Å². The van der Waals surface area contributed by atoms with Crippen LogP contribution in [0.15, 0.2) is 65.8 Å². The second kappa shape index (κ2) is 8.83. The summed E-state index contributed by atoms with van der Waals surface area (Å²) >= 11 is 0. The van der Waals surface area contributed by atoms with E-state index < -0.39 is 22.5 Å². The molecule has 1 amide bonds. The molecule has 8 nitrogen and oxygen atoms in total. The Morgan fingerprint density at radius 2 is 1.90 bits per heavy atom. The van der Waals surface area contributed by atoms with Gasteiger partial charge in [-0.3, -0.25) is 9.10 Å². The van der Waals surface area contributed by atoms with Crippen molar-refractivity contribution in [2.24, 2.45) is 5.10 Å². The van der Waals surface area contributed by atoms with Gasteiger partial charge in [0.05, 0.1) is 25.3 Å². The highest BCUT2D eigenvalue weighted by molar-refractivity contribution is 7.92. The van der Waals surface area contributed by atoms with Crippen LogP contribution in [0, 0.1) is 0 Å². The first kappa shape index (κ1) is 21.1. The average Bonchev–Trinajstić information content (AvgIpc) is 2.72. The predicted molar refractivity (Wildman–Crippen MR) is 117 cm³/mol. The van der Waals surface area contributed by atoms with Crippen molar-refractivity contribution in [3.05, 3.63) is 66.2 Å². The van der Waals surface area contributed by atoms with Crippen molar-refractivity contribution in [2.75, 3.05) is 24.2 Å². The Labute approximate surface area is 174 Å². The lowest BCUT2D eigenvalue weighted by Gasteiger charge is -2.23. The van der Waals surface area contributed by atoms with Crippen LogP contribution in [0.5, 0.6) is 11.5 Å². The first-order valence-electron chi connectivity index (χ1n) is 8.94. The fourth-order valence-electron chi connectivity index (χ4n) is 2.93. The van der Waals surface area contributed by atoms with Gasteiger partial charge in [0.2, 0.25) is 10.0 Å². The molecular weight excluding hydrogens is 406 g/mol. The maximum absolute atomic E-state index is 12.4. The Morgan fingerprint density at radius 1 is 1.17 bits per heavy atom. The zero-order valence-electron chi connectivity index (χ0n) is 16.4. The van der Waals surface area contributed by atoms with Crippen molar-refractivity contribution < 1.29 is 23.1 Å². The molecule has 0 aliphatic rings. The summed E-state index contributed by atoms with van der Waals surface area (Å²) in [6, 6.07) is 17.2. The number of hydrogen-bond donors (Lipinski definition) is 2. The summed E-state index contributed by atoms with van der Waals surface area (Å²) in [5.74, 6) is -0.350. The van der Waals surface area contributed by atoms with E-state index in [1.54, 1.807) is 30.3 Å². The lowest BCUT2D eigenvalue weighted by atomic mass is 10.1. The van der Waals surface area contributed by atoms with E-state index in [9.17, 15) is 18.3 Å². The van der Waals surface area contributed by atoms with E-state index in [-0.39, 0.29) is 11.5 Å². The lowest BCUT2D eigenvalue weighted by Crippen LogP contribution is -2.39. The quantitative estimate of drug-likeness (QED) is 0.445. The third-order valence-electron chi connectivity index (χ3n) is 4.33. The van der Waals surface area contributed by atoms with E-state index in [2.05, 4.69) is 10.5 Å². The van der Waals surface area contributed by atoms with E-state index >= 15 is 0 Å². The van der Waals surface area contributed by atoms with Gasteiger partial charge in [0.25, 0.3) is 5.91 Å². The Bertz CT molecular complexity index is 1200. The molecule has 0 fully saturated rings. The SMILES string of the molecule is COc1cc(/C=N\NC(=O)CN(c2cccc3ccccc23)S(C)(=O)=O)ccc1O. The number of fused-ring (bicyclic) bond motifs is 1. The minimum atomic E-state index is -3.72. The number of amides is 1. The van der Waals surface area contributed by atoms with Crippen LogP contribution in [0.25, 0.3) is 10.8 Å². The standard InChI is InChI=1S/C21H21N3O5S/c1-29-20-12-15(10-11-19(20)25)13-22-23-21(26)14-24(30(2,27)28)18-9-5-7-16-6-3-4-8-17(16)18/h3-13,25H,14H2,1-2H3,(H,23,26)/b22-13-. The number of benzene rings is 3. The predicted octanol–water partition coefficient (Wildman–Crippen LogP) is 2.47. The fourth-order valence-corrected chi connectivity index (χ4v) is 3.79. The maximum atomic E-state index is 12.4. The van der Waals surface area contributed by atoms with Gasteiger partial charge in [-0.25, -0.2) is 13.8 Å². The molecule has 0 saturated carbocycles. The Hall–Kier alpha value is -3.59. The third kappa shape index (κ3) is 4.87. The molecule has 3 rings (SSSR count). The highest BCUT2D eigenvalue weighted by atomic mass is 32.2. The van der Waals surface area contributed by atoms with Gasteiger partial charge < -0.3 is 9.84 Å². The molecule has 0 spiro atoms. The zero-order valence-corrected chi connectivity index (χ0v) is 17.3. The van der Waals surface area contributed by atoms with Gasteiger partial charge in [-0.1, -0.05) is 36.4 Å². The van der Waals surface area contributed by atoms with E-state index in [0.717, 1.165) is 21.3 Å². The first-order chi connectivity index (χ1) is 14.3. The van der Waals surface area contributed by atoms with Crippen molar-refractivity contribution in [2.45, 2.75) is 0 Å². The zero-order chi connectivity index (χ0) is 21.7. The van der Waals surface area contributed by atoms with E-state index in [0.29, 0.717) is 11.3 Å². The van der Waals surface area contributed by atoms with Crippen molar-refractivity contribution in [3.63, 3.8) is 0 Å². The number of ether oxygens (including phenoxy) is 1. The van der Waals surface area contributed by atoms with E-state index in [4.69, 9.17) is 4.74 Å². The van der Waals surface area contributed by atoms with Crippen LogP contribution in [0.4, 0.5) is 5.69 Å². The number of phenols is 1. The summed E-state index contributed by atoms with van der Waals surface area (Å²) in [6.07, 6.45) is 2.41. The van der Waals surface area contributed by atoms with Crippen molar-refractivity contribution in [1.82, 2.24) is 5.43 Å². The summed E-state index contributed by atoms with van der Waals surface area (Å²) in [7, 11) is -2.30. The number of methoxy groups -OCH3 is 1. The van der Waals surface area contributed by atoms with Gasteiger partial charge in [0.1, 0.15) is 6.54 Å². The van der Waals surface area contributed by atoms with Gasteiger partial charge in [-0.05, 0) is 35.2 Å². The number of aromatic hydroxyl groups is 1. The second-order valence-electron chi connectivity index (χ2n) is 6.49. The number of rotatable bonds is 7. The number of hydrazone groups is 1. The highest BCUT2D eigenvalue weighted by Gasteiger charge is 2.22. The molecule has 2 N–H and O–H groups in total. The maximum Gasteiger partial charge on any atom is 0.260 e. The van der Waals surface area contributed by atoms with Gasteiger partial charge in [-0.2, -0.15) is 5.10 Å². The molecule has 3 aromatic carbocycles. The molecule has 0 aliphatic heterocycles. The summed E-state index contributed by atoms with van der Waals surface area (Å²) in [5.41, 5.74) is 3.32. The number of nitrogens with one attached hydrogen (secondary N) is 1. The number of phenolic OH excluding ortho intramolecular Hbond substituents is 1. The highest BCUT2D eigenvalue weighted by Crippen LogP contribution is 2.28. The molecule has 0 aromatic heterocycles. The van der Waals surface area contributed by atoms with Gasteiger partial charge >= 0.3 is 0 Å². The molecule has 0 unspecified atom stereocenters. The van der Waals surface area contributed by atoms with Crippen LogP contribution in [0.2, 0.25) is 0 Å². The normalized spacial score (nSPS) is 11.5. The largest absolute Gasteiger partial charge is 0.504 e. The summed E-state index contributed by atoms with van der Waals surface area (Å²) < 4.78 is 30.8. The van der Waals surface area contributed by atoms with Crippen LogP contribution in [-0.4, -0.2) is 45.6 Å². The molecular formula is C21H21N3O5S. The van der Waals surface area contributed by atoms with Crippen molar-refractivity contribution >= 4 is 38.6 Å². The van der Waals surface area contributed by atoms with Gasteiger partial charge in [-0.15, -0.1) is 0 Å². The number of carbonyl (C=O) groups is 1. The van der Waals surface area contributed by atoms with Crippen LogP contribution in [-0.2, 0) is 14.8 Å². The topological polar surface area (TPSA) is 108 Å². The smallest absolute Gasteiger partial charge is 0.260 e. The Kier molecular flexibility index (Phi) is 6.22. The number of hydrogen-bond acceptors (Lipinski definition) is 6. The van der Waals surface area contributed by atoms with Crippen LogP contribution in [0.3, 0.4) is 0 Å². The molecule has 0 heterocycles. The van der Waals surface area contributed by atoms with Gasteiger partial charge in [0, 0.05) is 5.39 Å². The minimum Gasteiger partial charge on any atom is -0.504 e. The van der Waals surface area contributed by atoms with Crippen molar-refractivity contribution in [1.29, 1.82) is 0 Å². The molecule has 0 saturated heterocycles. The molecule has 0 atom stereocenters. The molecule has 156 valence electrons.